The molecule has 0 radical (unpaired) electrons. The molecular formula is C15H20ClN3O2. The summed E-state index contributed by atoms with van der Waals surface area (Å²) in [7, 11) is 1.75. The minimum absolute atomic E-state index is 0.169. The molecule has 1 aromatic rings. The summed E-state index contributed by atoms with van der Waals surface area (Å²) < 4.78 is 5.22. The van der Waals surface area contributed by atoms with Gasteiger partial charge in [-0.05, 0) is 30.9 Å². The van der Waals surface area contributed by atoms with Gasteiger partial charge in [-0.3, -0.25) is 4.79 Å². The Morgan fingerprint density at radius 3 is 2.81 bits per heavy atom. The number of halogens is 1. The number of methoxy groups -OCH3 is 1. The summed E-state index contributed by atoms with van der Waals surface area (Å²) in [6.45, 7) is 2.72. The van der Waals surface area contributed by atoms with E-state index in [4.69, 9.17) is 22.1 Å². The normalized spacial score (nSPS) is 22.3. The van der Waals surface area contributed by atoms with Crippen molar-refractivity contribution in [1.29, 1.82) is 0 Å². The van der Waals surface area contributed by atoms with Crippen molar-refractivity contribution in [3.63, 3.8) is 0 Å². The topological polar surface area (TPSA) is 67.6 Å². The quantitative estimate of drug-likeness (QED) is 0.898. The predicted octanol–water partition coefficient (Wildman–Crippen LogP) is 2.15. The first-order valence-electron chi connectivity index (χ1n) is 7.24. The van der Waals surface area contributed by atoms with Crippen molar-refractivity contribution in [1.82, 2.24) is 0 Å². The third-order valence-corrected chi connectivity index (χ3v) is 4.65. The average molecular weight is 310 g/mol. The number of nitrogens with zero attached hydrogens (tertiary/aromatic N) is 1. The summed E-state index contributed by atoms with van der Waals surface area (Å²) in [6.07, 6.45) is 2.18. The molecule has 6 heteroatoms. The molecule has 1 amide bonds. The van der Waals surface area contributed by atoms with Gasteiger partial charge in [-0.25, -0.2) is 0 Å². The van der Waals surface area contributed by atoms with E-state index in [9.17, 15) is 4.79 Å². The van der Waals surface area contributed by atoms with Crippen LogP contribution in [0.3, 0.4) is 0 Å². The van der Waals surface area contributed by atoms with Crippen LogP contribution in [-0.4, -0.2) is 32.7 Å². The SMILES string of the molecule is COCC1CCN(c2cc3c(cc2Cl)C(N)C(=O)N3)CC1. The van der Waals surface area contributed by atoms with Crippen LogP contribution in [0.2, 0.25) is 5.02 Å². The van der Waals surface area contributed by atoms with Crippen LogP contribution in [0, 0.1) is 5.92 Å². The molecule has 3 N–H and O–H groups in total. The van der Waals surface area contributed by atoms with Crippen LogP contribution >= 0.6 is 11.6 Å². The summed E-state index contributed by atoms with van der Waals surface area (Å²) in [6, 6.07) is 3.15. The number of carbonyl (C=O) groups excluding carboxylic acids is 1. The molecule has 1 saturated heterocycles. The Morgan fingerprint density at radius 2 is 2.14 bits per heavy atom. The zero-order chi connectivity index (χ0) is 15.0. The number of hydrogen-bond donors (Lipinski definition) is 2. The molecule has 1 aromatic carbocycles. The van der Waals surface area contributed by atoms with Gasteiger partial charge >= 0.3 is 0 Å². The zero-order valence-electron chi connectivity index (χ0n) is 12.1. The fourth-order valence-corrected chi connectivity index (χ4v) is 3.40. The first kappa shape index (κ1) is 14.6. The Labute approximate surface area is 129 Å². The molecule has 0 aromatic heterocycles. The first-order chi connectivity index (χ1) is 10.1. The fourth-order valence-electron chi connectivity index (χ4n) is 3.11. The van der Waals surface area contributed by atoms with E-state index in [2.05, 4.69) is 10.2 Å². The molecule has 0 saturated carbocycles. The predicted molar refractivity (Wildman–Crippen MR) is 83.8 cm³/mol. The Morgan fingerprint density at radius 1 is 1.43 bits per heavy atom. The van der Waals surface area contributed by atoms with Gasteiger partial charge in [-0.15, -0.1) is 0 Å². The number of hydrogen-bond acceptors (Lipinski definition) is 4. The van der Waals surface area contributed by atoms with E-state index in [0.29, 0.717) is 10.9 Å². The largest absolute Gasteiger partial charge is 0.384 e. The maximum absolute atomic E-state index is 11.6. The number of carbonyl (C=O) groups is 1. The van der Waals surface area contributed by atoms with Crippen LogP contribution in [0.15, 0.2) is 12.1 Å². The molecule has 1 atom stereocenters. The molecule has 1 unspecified atom stereocenters. The molecule has 2 heterocycles. The smallest absolute Gasteiger partial charge is 0.245 e. The summed E-state index contributed by atoms with van der Waals surface area (Å²) in [4.78, 5) is 13.9. The van der Waals surface area contributed by atoms with Crippen LogP contribution < -0.4 is 16.0 Å². The molecule has 2 aliphatic rings. The monoisotopic (exact) mass is 309 g/mol. The van der Waals surface area contributed by atoms with E-state index in [1.807, 2.05) is 12.1 Å². The highest BCUT2D eigenvalue weighted by Crippen LogP contribution is 2.39. The Balaban J connectivity index is 1.78. The third kappa shape index (κ3) is 2.73. The van der Waals surface area contributed by atoms with Gasteiger partial charge in [0.1, 0.15) is 6.04 Å². The Hall–Kier alpha value is -1.30. The molecule has 114 valence electrons. The second kappa shape index (κ2) is 5.83. The van der Waals surface area contributed by atoms with Crippen molar-refractivity contribution >= 4 is 28.9 Å². The molecule has 0 spiro atoms. The molecule has 1 fully saturated rings. The second-order valence-electron chi connectivity index (χ2n) is 5.74. The minimum Gasteiger partial charge on any atom is -0.384 e. The Bertz CT molecular complexity index is 556. The van der Waals surface area contributed by atoms with Crippen LogP contribution in [0.5, 0.6) is 0 Å². The lowest BCUT2D eigenvalue weighted by Gasteiger charge is -2.34. The maximum Gasteiger partial charge on any atom is 0.245 e. The first-order valence-corrected chi connectivity index (χ1v) is 7.61. The maximum atomic E-state index is 11.6. The van der Waals surface area contributed by atoms with Gasteiger partial charge in [-0.1, -0.05) is 11.6 Å². The molecule has 21 heavy (non-hydrogen) atoms. The van der Waals surface area contributed by atoms with Crippen LogP contribution in [0.25, 0.3) is 0 Å². The molecule has 5 nitrogen and oxygen atoms in total. The summed E-state index contributed by atoms with van der Waals surface area (Å²) >= 11 is 6.39. The summed E-state index contributed by atoms with van der Waals surface area (Å²) in [5.41, 5.74) is 8.38. The number of anilines is 2. The number of rotatable bonds is 3. The number of nitrogens with one attached hydrogen (secondary N) is 1. The van der Waals surface area contributed by atoms with Gasteiger partial charge in [0.2, 0.25) is 5.91 Å². The number of ether oxygens (including phenoxy) is 1. The fraction of sp³-hybridized carbons (Fsp3) is 0.533. The standard InChI is InChI=1S/C15H20ClN3O2/c1-21-8-9-2-4-19(5-3-9)13-7-12-10(6-11(13)16)14(17)15(20)18-12/h6-7,9,14H,2-5,8,17H2,1H3,(H,18,20). The molecule has 0 aliphatic carbocycles. The van der Waals surface area contributed by atoms with Crippen molar-refractivity contribution in [2.45, 2.75) is 18.9 Å². The van der Waals surface area contributed by atoms with Crippen molar-refractivity contribution in [3.8, 4) is 0 Å². The summed E-state index contributed by atoms with van der Waals surface area (Å²) in [5, 5.41) is 3.47. The Kier molecular flexibility index (Phi) is 4.06. The van der Waals surface area contributed by atoms with Gasteiger partial charge < -0.3 is 20.7 Å². The highest BCUT2D eigenvalue weighted by atomic mass is 35.5. The van der Waals surface area contributed by atoms with E-state index < -0.39 is 6.04 Å². The highest BCUT2D eigenvalue weighted by Gasteiger charge is 2.29. The van der Waals surface area contributed by atoms with Gasteiger partial charge in [0, 0.05) is 38.1 Å². The van der Waals surface area contributed by atoms with Crippen LogP contribution in [0.1, 0.15) is 24.4 Å². The zero-order valence-corrected chi connectivity index (χ0v) is 12.8. The van der Waals surface area contributed by atoms with Gasteiger partial charge in [0.05, 0.1) is 10.7 Å². The number of piperidine rings is 1. The van der Waals surface area contributed by atoms with Crippen molar-refractivity contribution in [3.05, 3.63) is 22.7 Å². The molecule has 0 bridgehead atoms. The number of amides is 1. The van der Waals surface area contributed by atoms with E-state index in [1.54, 1.807) is 7.11 Å². The van der Waals surface area contributed by atoms with Gasteiger partial charge in [0.25, 0.3) is 0 Å². The average Bonchev–Trinajstić information content (AvgIpc) is 2.75. The lowest BCUT2D eigenvalue weighted by Crippen LogP contribution is -2.35. The van der Waals surface area contributed by atoms with Crippen LogP contribution in [-0.2, 0) is 9.53 Å². The van der Waals surface area contributed by atoms with E-state index >= 15 is 0 Å². The summed E-state index contributed by atoms with van der Waals surface area (Å²) in [5.74, 6) is 0.449. The van der Waals surface area contributed by atoms with Crippen molar-refractivity contribution < 1.29 is 9.53 Å². The van der Waals surface area contributed by atoms with Gasteiger partial charge in [0.15, 0.2) is 0 Å². The second-order valence-corrected chi connectivity index (χ2v) is 6.15. The van der Waals surface area contributed by atoms with Gasteiger partial charge in [-0.2, -0.15) is 0 Å². The van der Waals surface area contributed by atoms with Crippen molar-refractivity contribution in [2.75, 3.05) is 37.0 Å². The van der Waals surface area contributed by atoms with E-state index in [-0.39, 0.29) is 5.91 Å². The molecule has 3 rings (SSSR count). The lowest BCUT2D eigenvalue weighted by molar-refractivity contribution is -0.116. The number of nitrogens with two attached hydrogens (primary N) is 1. The number of benzene rings is 1. The molecular weight excluding hydrogens is 290 g/mol. The number of fused-ring (bicyclic) bond motifs is 1. The van der Waals surface area contributed by atoms with Crippen molar-refractivity contribution in [2.24, 2.45) is 11.7 Å². The van der Waals surface area contributed by atoms with E-state index in [1.165, 1.54) is 0 Å². The van der Waals surface area contributed by atoms with E-state index in [0.717, 1.165) is 49.5 Å². The minimum atomic E-state index is -0.612. The highest BCUT2D eigenvalue weighted by molar-refractivity contribution is 6.33. The molecule has 2 aliphatic heterocycles. The third-order valence-electron chi connectivity index (χ3n) is 4.35. The lowest BCUT2D eigenvalue weighted by atomic mass is 9.97. The van der Waals surface area contributed by atoms with Crippen LogP contribution in [0.4, 0.5) is 11.4 Å².